The molecular formula is C39H50F2O6. The van der Waals surface area contributed by atoms with Crippen molar-refractivity contribution >= 4 is 11.9 Å². The molecule has 0 aromatic heterocycles. The van der Waals surface area contributed by atoms with Gasteiger partial charge in [-0.25, -0.2) is 4.79 Å². The van der Waals surface area contributed by atoms with Crippen molar-refractivity contribution in [2.75, 3.05) is 26.4 Å². The molecule has 2 unspecified atom stereocenters. The Morgan fingerprint density at radius 3 is 1.96 bits per heavy atom. The van der Waals surface area contributed by atoms with E-state index in [-0.39, 0.29) is 37.2 Å². The highest BCUT2D eigenvalue weighted by molar-refractivity contribution is 5.87. The molecule has 0 spiro atoms. The molecule has 2 fully saturated rings. The lowest BCUT2D eigenvalue weighted by molar-refractivity contribution is -0.153. The van der Waals surface area contributed by atoms with Gasteiger partial charge in [-0.05, 0) is 123 Å². The van der Waals surface area contributed by atoms with E-state index in [4.69, 9.17) is 9.47 Å². The lowest BCUT2D eigenvalue weighted by Crippen LogP contribution is -2.33. The van der Waals surface area contributed by atoms with Crippen molar-refractivity contribution in [2.45, 2.75) is 77.0 Å². The van der Waals surface area contributed by atoms with Crippen LogP contribution in [0.2, 0.25) is 0 Å². The van der Waals surface area contributed by atoms with E-state index in [0.29, 0.717) is 30.6 Å². The highest BCUT2D eigenvalue weighted by Gasteiger charge is 2.35. The van der Waals surface area contributed by atoms with Crippen LogP contribution in [-0.2, 0) is 25.5 Å². The van der Waals surface area contributed by atoms with Crippen LogP contribution >= 0.6 is 0 Å². The van der Waals surface area contributed by atoms with Crippen LogP contribution < -0.4 is 0 Å². The summed E-state index contributed by atoms with van der Waals surface area (Å²) in [4.78, 5) is 24.4. The van der Waals surface area contributed by atoms with Gasteiger partial charge in [0.2, 0.25) is 0 Å². The first-order valence-corrected chi connectivity index (χ1v) is 17.1. The van der Waals surface area contributed by atoms with Crippen molar-refractivity contribution in [3.63, 3.8) is 0 Å². The number of aliphatic hydroxyl groups is 2. The molecule has 0 radical (unpaired) electrons. The minimum absolute atomic E-state index is 0.00300. The first-order valence-electron chi connectivity index (χ1n) is 17.1. The summed E-state index contributed by atoms with van der Waals surface area (Å²) in [6, 6.07) is 17.0. The van der Waals surface area contributed by atoms with Crippen molar-refractivity contribution < 1.29 is 38.1 Å². The van der Waals surface area contributed by atoms with Crippen molar-refractivity contribution in [2.24, 2.45) is 29.6 Å². The second-order valence-corrected chi connectivity index (χ2v) is 13.5. The Balaban J connectivity index is 1.25. The summed E-state index contributed by atoms with van der Waals surface area (Å²) in [6.45, 7) is 4.64. The summed E-state index contributed by atoms with van der Waals surface area (Å²) >= 11 is 0. The summed E-state index contributed by atoms with van der Waals surface area (Å²) in [7, 11) is 0. The quantitative estimate of drug-likeness (QED) is 0.150. The largest absolute Gasteiger partial charge is 0.465 e. The monoisotopic (exact) mass is 652 g/mol. The number of carbonyl (C=O) groups excluding carboxylic acids is 2. The third kappa shape index (κ3) is 10.8. The Hall–Kier alpha value is -3.36. The predicted molar refractivity (Wildman–Crippen MR) is 179 cm³/mol. The molecule has 0 amide bonds. The maximum Gasteiger partial charge on any atom is 0.335 e. The fourth-order valence-electron chi connectivity index (χ4n) is 7.25. The lowest BCUT2D eigenvalue weighted by atomic mass is 9.67. The number of carbonyl (C=O) groups is 2. The molecule has 256 valence electrons. The first-order chi connectivity index (χ1) is 22.7. The summed E-state index contributed by atoms with van der Waals surface area (Å²) < 4.78 is 35.5. The van der Waals surface area contributed by atoms with Gasteiger partial charge in [-0.1, -0.05) is 55.1 Å². The molecule has 2 saturated carbocycles. The molecule has 2 aromatic rings. The van der Waals surface area contributed by atoms with E-state index in [1.54, 1.807) is 6.92 Å². The van der Waals surface area contributed by atoms with Crippen molar-refractivity contribution in [3.05, 3.63) is 84.0 Å². The molecule has 0 heterocycles. The third-order valence-electron chi connectivity index (χ3n) is 10.3. The van der Waals surface area contributed by atoms with E-state index >= 15 is 0 Å². The van der Waals surface area contributed by atoms with Gasteiger partial charge in [0.05, 0.1) is 37.9 Å². The fourth-order valence-corrected chi connectivity index (χ4v) is 7.25. The van der Waals surface area contributed by atoms with E-state index in [2.05, 4.69) is 43.0 Å². The number of rotatable bonds is 15. The van der Waals surface area contributed by atoms with Crippen LogP contribution in [0.4, 0.5) is 8.78 Å². The first kappa shape index (κ1) is 36.5. The van der Waals surface area contributed by atoms with Gasteiger partial charge in [0.25, 0.3) is 6.08 Å². The molecule has 6 nitrogen and oxygen atoms in total. The predicted octanol–water partition coefficient (Wildman–Crippen LogP) is 8.03. The Labute approximate surface area is 277 Å². The number of aryl methyl sites for hydroxylation is 1. The van der Waals surface area contributed by atoms with Crippen LogP contribution in [-0.4, -0.2) is 48.6 Å². The topological polar surface area (TPSA) is 93.1 Å². The Kier molecular flexibility index (Phi) is 14.2. The maximum atomic E-state index is 12.3. The van der Waals surface area contributed by atoms with E-state index in [1.807, 2.05) is 12.1 Å². The van der Waals surface area contributed by atoms with Crippen LogP contribution in [0.5, 0.6) is 0 Å². The van der Waals surface area contributed by atoms with Gasteiger partial charge in [-0.2, -0.15) is 8.78 Å². The number of hydrogen-bond donors (Lipinski definition) is 2. The van der Waals surface area contributed by atoms with Crippen LogP contribution in [0.15, 0.2) is 72.8 Å². The minimum atomic E-state index is -1.62. The summed E-state index contributed by atoms with van der Waals surface area (Å²) in [5, 5.41) is 18.5. The van der Waals surface area contributed by atoms with E-state index in [9.17, 15) is 28.6 Å². The van der Waals surface area contributed by atoms with Gasteiger partial charge < -0.3 is 19.7 Å². The number of halogens is 2. The van der Waals surface area contributed by atoms with Crippen LogP contribution in [0, 0.1) is 29.6 Å². The van der Waals surface area contributed by atoms with Gasteiger partial charge in [-0.15, -0.1) is 0 Å². The fraction of sp³-hybridized carbons (Fsp3) is 0.538. The van der Waals surface area contributed by atoms with Crippen LogP contribution in [0.1, 0.15) is 81.8 Å². The molecule has 47 heavy (non-hydrogen) atoms. The van der Waals surface area contributed by atoms with Crippen molar-refractivity contribution in [3.8, 4) is 11.1 Å². The number of ether oxygens (including phenoxy) is 2. The van der Waals surface area contributed by atoms with Gasteiger partial charge in [0.15, 0.2) is 0 Å². The Morgan fingerprint density at radius 2 is 1.40 bits per heavy atom. The smallest absolute Gasteiger partial charge is 0.335 e. The van der Waals surface area contributed by atoms with Crippen molar-refractivity contribution in [1.29, 1.82) is 0 Å². The molecule has 2 aromatic carbocycles. The molecular weight excluding hydrogens is 602 g/mol. The Morgan fingerprint density at radius 1 is 0.851 bits per heavy atom. The average Bonchev–Trinajstić information content (AvgIpc) is 3.11. The highest BCUT2D eigenvalue weighted by Crippen LogP contribution is 2.45. The molecule has 2 atom stereocenters. The Bertz CT molecular complexity index is 1320. The summed E-state index contributed by atoms with van der Waals surface area (Å²) in [5.41, 5.74) is 4.72. The number of hydrogen-bond acceptors (Lipinski definition) is 6. The van der Waals surface area contributed by atoms with E-state index < -0.39 is 30.5 Å². The van der Waals surface area contributed by atoms with Gasteiger partial charge in [0, 0.05) is 5.92 Å². The van der Waals surface area contributed by atoms with Crippen LogP contribution in [0.25, 0.3) is 11.1 Å². The van der Waals surface area contributed by atoms with Gasteiger partial charge in [-0.3, -0.25) is 4.79 Å². The summed E-state index contributed by atoms with van der Waals surface area (Å²) in [5.74, 6) is 0.341. The third-order valence-corrected chi connectivity index (χ3v) is 10.3. The van der Waals surface area contributed by atoms with E-state index in [0.717, 1.165) is 48.4 Å². The molecule has 0 bridgehead atoms. The standard InChI is InChI=1S/C39H50F2O6/c1-26(22-42)38(44)46-24-36(25-47-39(45)27(2)23-43)35-20-18-34(19-21-35)33-16-14-32(15-17-33)31-12-10-30(11-13-31)29-8-6-28(7-9-29)4-3-5-37(40)41/h5-13,27,32-36,42-43H,1,3-4,14-25H2,2H3. The number of esters is 2. The SMILES string of the molecule is C=C(CO)C(=O)OCC(COC(=O)C(C)CO)C1CCC(C2CCC(c3ccc(-c4ccc(CCC=C(F)F)cc4)cc3)CC2)CC1. The lowest BCUT2D eigenvalue weighted by Gasteiger charge is -2.39. The molecule has 2 N–H and O–H groups in total. The molecule has 8 heteroatoms. The minimum Gasteiger partial charge on any atom is -0.465 e. The zero-order valence-electron chi connectivity index (χ0n) is 27.6. The van der Waals surface area contributed by atoms with E-state index in [1.165, 1.54) is 31.2 Å². The van der Waals surface area contributed by atoms with Crippen molar-refractivity contribution in [1.82, 2.24) is 0 Å². The normalized spacial score (nSPS) is 22.5. The molecule has 4 rings (SSSR count). The molecule has 0 saturated heterocycles. The maximum absolute atomic E-state index is 12.3. The van der Waals surface area contributed by atoms with Gasteiger partial charge in [0.1, 0.15) is 0 Å². The number of aliphatic hydroxyl groups excluding tert-OH is 2. The highest BCUT2D eigenvalue weighted by atomic mass is 19.3. The number of allylic oxidation sites excluding steroid dienone is 1. The van der Waals surface area contributed by atoms with Crippen LogP contribution in [0.3, 0.4) is 0 Å². The van der Waals surface area contributed by atoms with Gasteiger partial charge >= 0.3 is 11.9 Å². The summed E-state index contributed by atoms with van der Waals surface area (Å²) in [6.07, 6.45) is 9.24. The second kappa shape index (κ2) is 18.3. The zero-order valence-corrected chi connectivity index (χ0v) is 27.6. The molecule has 2 aliphatic rings. The zero-order chi connectivity index (χ0) is 33.8. The second-order valence-electron chi connectivity index (χ2n) is 13.5. The average molecular weight is 653 g/mol. The molecule has 2 aliphatic carbocycles. The molecule has 0 aliphatic heterocycles. The number of benzene rings is 2.